The number of methoxy groups -OCH3 is 8. The molecule has 272 valence electrons. The molecule has 0 amide bonds. The minimum Gasteiger partial charge on any atom is -0.502 e. The van der Waals surface area contributed by atoms with Gasteiger partial charge in [-0.05, 0) is 59.7 Å². The van der Waals surface area contributed by atoms with Crippen LogP contribution in [0.2, 0.25) is 0 Å². The topological polar surface area (TPSA) is 170 Å². The fourth-order valence-corrected chi connectivity index (χ4v) is 5.82. The normalized spacial score (nSPS) is 12.3. The summed E-state index contributed by atoms with van der Waals surface area (Å²) >= 11 is 0. The first-order chi connectivity index (χ1) is 24.5. The van der Waals surface area contributed by atoms with Gasteiger partial charge in [0.2, 0.25) is 23.0 Å². The Morgan fingerprint density at radius 2 is 0.765 bits per heavy atom. The van der Waals surface area contributed by atoms with Crippen molar-refractivity contribution >= 4 is 32.1 Å². The van der Waals surface area contributed by atoms with Gasteiger partial charge in [0, 0.05) is 11.1 Å². The van der Waals surface area contributed by atoms with E-state index in [1.807, 2.05) is 0 Å². The fourth-order valence-electron chi connectivity index (χ4n) is 4.94. The highest BCUT2D eigenvalue weighted by Crippen LogP contribution is 2.54. The molecule has 0 aliphatic carbocycles. The Bertz CT molecular complexity index is 1780. The van der Waals surface area contributed by atoms with E-state index >= 15 is 0 Å². The van der Waals surface area contributed by atoms with Crippen LogP contribution in [0.15, 0.2) is 48.5 Å². The van der Waals surface area contributed by atoms with Crippen LogP contribution in [0.1, 0.15) is 22.3 Å². The van der Waals surface area contributed by atoms with E-state index in [2.05, 4.69) is 0 Å². The van der Waals surface area contributed by atoms with E-state index < -0.39 is 30.8 Å². The van der Waals surface area contributed by atoms with E-state index in [0.717, 1.165) is 0 Å². The number of phenols is 2. The third-order valence-corrected chi connectivity index (χ3v) is 8.21. The lowest BCUT2D eigenvalue weighted by molar-refractivity contribution is 0.275. The molecule has 15 heteroatoms. The number of ether oxygens (including phenoxy) is 8. The third kappa shape index (κ3) is 8.48. The monoisotopic (exact) mass is 726 g/mol. The van der Waals surface area contributed by atoms with Crippen molar-refractivity contribution in [1.29, 1.82) is 0 Å². The van der Waals surface area contributed by atoms with Crippen molar-refractivity contribution in [2.75, 3.05) is 56.9 Å². The Hall–Kier alpha value is -5.85. The highest BCUT2D eigenvalue weighted by Gasteiger charge is 2.32. The SMILES string of the molecule is COc1ccc(C=Cc2cc(OC)c(OC)c(OC)c2)c(OP(=O)(O)Oc2c(C=Cc3cc(OC)c(OC)c(OC)c3)ccc(OC)c2O)c1O. The number of rotatable bonds is 16. The second-order valence-corrected chi connectivity index (χ2v) is 11.6. The van der Waals surface area contributed by atoms with E-state index in [0.29, 0.717) is 45.6 Å². The predicted molar refractivity (Wildman–Crippen MR) is 190 cm³/mol. The maximum atomic E-state index is 13.6. The Morgan fingerprint density at radius 1 is 0.451 bits per heavy atom. The van der Waals surface area contributed by atoms with Crippen molar-refractivity contribution < 1.29 is 66.6 Å². The minimum absolute atomic E-state index is 0.0480. The van der Waals surface area contributed by atoms with Crippen molar-refractivity contribution in [3.63, 3.8) is 0 Å². The van der Waals surface area contributed by atoms with Crippen LogP contribution in [0.5, 0.6) is 69.0 Å². The Balaban J connectivity index is 1.74. The molecule has 4 rings (SSSR count). The molecule has 0 bridgehead atoms. The molecular weight excluding hydrogens is 687 g/mol. The summed E-state index contributed by atoms with van der Waals surface area (Å²) in [4.78, 5) is 11.1. The third-order valence-electron chi connectivity index (χ3n) is 7.39. The molecule has 0 atom stereocenters. The molecule has 3 N–H and O–H groups in total. The van der Waals surface area contributed by atoms with Gasteiger partial charge < -0.3 is 57.2 Å². The zero-order valence-electron chi connectivity index (χ0n) is 29.2. The molecule has 0 aromatic heterocycles. The van der Waals surface area contributed by atoms with Gasteiger partial charge in [-0.15, -0.1) is 0 Å². The average molecular weight is 727 g/mol. The molecule has 4 aromatic rings. The van der Waals surface area contributed by atoms with Gasteiger partial charge in [-0.25, -0.2) is 4.57 Å². The lowest BCUT2D eigenvalue weighted by Crippen LogP contribution is -2.03. The lowest BCUT2D eigenvalue weighted by Gasteiger charge is -2.19. The summed E-state index contributed by atoms with van der Waals surface area (Å²) in [6.07, 6.45) is 6.29. The van der Waals surface area contributed by atoms with Crippen LogP contribution >= 0.6 is 7.82 Å². The zero-order valence-corrected chi connectivity index (χ0v) is 30.1. The largest absolute Gasteiger partial charge is 0.585 e. The maximum Gasteiger partial charge on any atom is 0.585 e. The maximum absolute atomic E-state index is 13.6. The highest BCUT2D eigenvalue weighted by atomic mass is 31.2. The quantitative estimate of drug-likeness (QED) is 0.0792. The van der Waals surface area contributed by atoms with Crippen molar-refractivity contribution in [3.05, 3.63) is 70.8 Å². The molecule has 0 aliphatic rings. The number of phosphoric ester groups is 1. The fraction of sp³-hybridized carbons (Fsp3) is 0.222. The average Bonchev–Trinajstić information content (AvgIpc) is 3.14. The molecule has 14 nitrogen and oxygen atoms in total. The molecule has 0 unspecified atom stereocenters. The Kier molecular flexibility index (Phi) is 12.4. The Labute approximate surface area is 295 Å². The molecule has 0 saturated heterocycles. The van der Waals surface area contributed by atoms with Gasteiger partial charge in [0.15, 0.2) is 46.0 Å². The van der Waals surface area contributed by atoms with E-state index in [-0.39, 0.29) is 22.6 Å². The standard InChI is InChI=1S/C36H39O14P/c1-41-25-15-13-23(11-9-21-17-27(43-3)35(47-7)28(18-21)44-4)33(31(25)37)49-51(39,40)50-34-24(14-16-26(42-2)32(34)38)12-10-22-19-29(45-5)36(48-8)30(20-22)46-6/h9-20,37-38H,1-8H3,(H,39,40). The molecule has 4 aromatic carbocycles. The van der Waals surface area contributed by atoms with Gasteiger partial charge in [0.25, 0.3) is 0 Å². The first kappa shape index (κ1) is 38.0. The van der Waals surface area contributed by atoms with E-state index in [4.69, 9.17) is 46.9 Å². The molecule has 51 heavy (non-hydrogen) atoms. The van der Waals surface area contributed by atoms with E-state index in [1.54, 1.807) is 36.4 Å². The first-order valence-electron chi connectivity index (χ1n) is 15.0. The summed E-state index contributed by atoms with van der Waals surface area (Å²) in [7, 11) is 6.31. The number of aromatic hydroxyl groups is 2. The van der Waals surface area contributed by atoms with Crippen LogP contribution in [0.25, 0.3) is 24.3 Å². The van der Waals surface area contributed by atoms with E-state index in [9.17, 15) is 19.7 Å². The molecule has 0 radical (unpaired) electrons. The minimum atomic E-state index is -5.18. The van der Waals surface area contributed by atoms with Crippen molar-refractivity contribution in [2.24, 2.45) is 0 Å². The number of hydrogen-bond acceptors (Lipinski definition) is 13. The predicted octanol–water partition coefficient (Wildman–Crippen LogP) is 7.07. The molecule has 0 fully saturated rings. The highest BCUT2D eigenvalue weighted by molar-refractivity contribution is 7.48. The summed E-state index contributed by atoms with van der Waals surface area (Å²) in [5, 5.41) is 22.0. The summed E-state index contributed by atoms with van der Waals surface area (Å²) in [6.45, 7) is 0. The second-order valence-electron chi connectivity index (χ2n) is 10.3. The smallest absolute Gasteiger partial charge is 0.502 e. The van der Waals surface area contributed by atoms with Gasteiger partial charge in [0.05, 0.1) is 56.9 Å². The molecule has 0 saturated carbocycles. The summed E-state index contributed by atoms with van der Waals surface area (Å²) < 4.78 is 67.4. The van der Waals surface area contributed by atoms with Gasteiger partial charge >= 0.3 is 7.82 Å². The van der Waals surface area contributed by atoms with Crippen LogP contribution in [0.4, 0.5) is 0 Å². The molecule has 0 aliphatic heterocycles. The molecule has 0 spiro atoms. The van der Waals surface area contributed by atoms with Crippen molar-refractivity contribution in [1.82, 2.24) is 0 Å². The lowest BCUT2D eigenvalue weighted by atomic mass is 10.1. The number of benzene rings is 4. The Morgan fingerprint density at radius 3 is 1.04 bits per heavy atom. The van der Waals surface area contributed by atoms with Crippen LogP contribution in [0, 0.1) is 0 Å². The van der Waals surface area contributed by atoms with Crippen molar-refractivity contribution in [3.8, 4) is 69.0 Å². The molecular formula is C36H39O14P. The van der Waals surface area contributed by atoms with Crippen LogP contribution < -0.4 is 46.9 Å². The summed E-state index contributed by atoms with van der Waals surface area (Å²) in [5.74, 6) is 0.209. The van der Waals surface area contributed by atoms with Gasteiger partial charge in [-0.2, -0.15) is 0 Å². The van der Waals surface area contributed by atoms with Crippen LogP contribution in [0.3, 0.4) is 0 Å². The summed E-state index contributed by atoms with van der Waals surface area (Å²) in [6, 6.07) is 12.6. The zero-order chi connectivity index (χ0) is 37.3. The number of hydrogen-bond donors (Lipinski definition) is 3. The van der Waals surface area contributed by atoms with Gasteiger partial charge in [-0.1, -0.05) is 24.3 Å². The van der Waals surface area contributed by atoms with Crippen LogP contribution in [-0.4, -0.2) is 72.0 Å². The van der Waals surface area contributed by atoms with Gasteiger partial charge in [0.1, 0.15) is 0 Å². The van der Waals surface area contributed by atoms with Crippen LogP contribution in [-0.2, 0) is 4.57 Å². The van der Waals surface area contributed by atoms with Crippen molar-refractivity contribution in [2.45, 2.75) is 0 Å². The number of phenolic OH excluding ortho intramolecular Hbond substituents is 2. The molecule has 0 heterocycles. The number of phosphoric acid groups is 1. The summed E-state index contributed by atoms with van der Waals surface area (Å²) in [5.41, 5.74) is 1.52. The van der Waals surface area contributed by atoms with Gasteiger partial charge in [-0.3, -0.25) is 4.89 Å². The first-order valence-corrected chi connectivity index (χ1v) is 16.4. The second kappa shape index (κ2) is 16.7. The van der Waals surface area contributed by atoms with E-state index in [1.165, 1.54) is 93.3 Å².